The molecule has 2 aliphatic carbocycles. The quantitative estimate of drug-likeness (QED) is 0.744. The molecular weight excluding hydrogens is 250 g/mol. The van der Waals surface area contributed by atoms with Gasteiger partial charge in [-0.25, -0.2) is 0 Å². The van der Waals surface area contributed by atoms with E-state index in [1.54, 1.807) is 6.20 Å². The molecule has 0 bridgehead atoms. The third kappa shape index (κ3) is 3.57. The van der Waals surface area contributed by atoms with Crippen LogP contribution in [-0.4, -0.2) is 24.0 Å². The van der Waals surface area contributed by atoms with E-state index in [1.165, 1.54) is 12.0 Å². The van der Waals surface area contributed by atoms with Gasteiger partial charge < -0.3 is 10.6 Å². The Hall–Kier alpha value is -1.42. The fourth-order valence-electron chi connectivity index (χ4n) is 3.23. The number of hydrogen-bond donors (Lipinski definition) is 2. The molecule has 1 amide bonds. The van der Waals surface area contributed by atoms with Gasteiger partial charge in [-0.2, -0.15) is 0 Å². The Morgan fingerprint density at radius 2 is 2.10 bits per heavy atom. The Morgan fingerprint density at radius 3 is 2.85 bits per heavy atom. The maximum absolute atomic E-state index is 11.9. The highest BCUT2D eigenvalue weighted by Gasteiger charge is 2.47. The molecule has 0 saturated heterocycles. The highest BCUT2D eigenvalue weighted by atomic mass is 16.1. The first-order chi connectivity index (χ1) is 9.83. The van der Waals surface area contributed by atoms with Crippen LogP contribution in [-0.2, 0) is 11.3 Å². The van der Waals surface area contributed by atoms with E-state index in [4.69, 9.17) is 0 Å². The number of amides is 1. The van der Waals surface area contributed by atoms with E-state index in [1.807, 2.05) is 12.3 Å². The second-order valence-electron chi connectivity index (χ2n) is 6.11. The number of nitrogens with one attached hydrogen (secondary N) is 2. The fourth-order valence-corrected chi connectivity index (χ4v) is 3.23. The zero-order valence-electron chi connectivity index (χ0n) is 11.8. The van der Waals surface area contributed by atoms with Gasteiger partial charge in [-0.15, -0.1) is 0 Å². The van der Waals surface area contributed by atoms with Gasteiger partial charge in [0.1, 0.15) is 0 Å². The van der Waals surface area contributed by atoms with Crippen LogP contribution in [0.2, 0.25) is 0 Å². The van der Waals surface area contributed by atoms with Crippen molar-refractivity contribution in [1.29, 1.82) is 0 Å². The summed E-state index contributed by atoms with van der Waals surface area (Å²) in [6.07, 6.45) is 8.28. The predicted octanol–water partition coefficient (Wildman–Crippen LogP) is 1.72. The smallest absolute Gasteiger partial charge is 0.223 e. The van der Waals surface area contributed by atoms with E-state index in [0.717, 1.165) is 50.7 Å². The Balaban J connectivity index is 1.23. The van der Waals surface area contributed by atoms with Gasteiger partial charge in [0.25, 0.3) is 0 Å². The van der Waals surface area contributed by atoms with Crippen molar-refractivity contribution < 1.29 is 4.79 Å². The molecule has 2 fully saturated rings. The van der Waals surface area contributed by atoms with Crippen LogP contribution in [0, 0.1) is 17.8 Å². The Bertz CT molecular complexity index is 438. The maximum atomic E-state index is 11.9. The molecule has 2 unspecified atom stereocenters. The molecule has 2 N–H and O–H groups in total. The minimum atomic E-state index is 0.282. The van der Waals surface area contributed by atoms with E-state index < -0.39 is 0 Å². The number of nitrogens with zero attached hydrogens (tertiary/aromatic N) is 1. The van der Waals surface area contributed by atoms with Crippen molar-refractivity contribution in [2.24, 2.45) is 17.8 Å². The molecule has 4 heteroatoms. The Labute approximate surface area is 120 Å². The molecule has 1 heterocycles. The Kier molecular flexibility index (Phi) is 4.31. The third-order valence-electron chi connectivity index (χ3n) is 4.50. The van der Waals surface area contributed by atoms with Crippen LogP contribution >= 0.6 is 0 Å². The van der Waals surface area contributed by atoms with Crippen LogP contribution in [0.1, 0.15) is 31.2 Å². The molecule has 0 spiro atoms. The predicted molar refractivity (Wildman–Crippen MR) is 77.9 cm³/mol. The molecule has 108 valence electrons. The van der Waals surface area contributed by atoms with E-state index in [-0.39, 0.29) is 5.91 Å². The molecular formula is C16H23N3O. The van der Waals surface area contributed by atoms with Gasteiger partial charge in [0, 0.05) is 31.4 Å². The minimum absolute atomic E-state index is 0.282. The van der Waals surface area contributed by atoms with Gasteiger partial charge in [0.05, 0.1) is 0 Å². The van der Waals surface area contributed by atoms with Crippen molar-refractivity contribution in [3.05, 3.63) is 30.1 Å². The van der Waals surface area contributed by atoms with E-state index in [9.17, 15) is 4.79 Å². The first-order valence-electron chi connectivity index (χ1n) is 7.70. The van der Waals surface area contributed by atoms with Crippen molar-refractivity contribution in [1.82, 2.24) is 15.6 Å². The molecule has 0 aliphatic heterocycles. The van der Waals surface area contributed by atoms with Crippen molar-refractivity contribution in [3.8, 4) is 0 Å². The molecule has 2 atom stereocenters. The van der Waals surface area contributed by atoms with E-state index >= 15 is 0 Å². The van der Waals surface area contributed by atoms with Gasteiger partial charge >= 0.3 is 0 Å². The summed E-state index contributed by atoms with van der Waals surface area (Å²) in [6.45, 7) is 2.55. The summed E-state index contributed by atoms with van der Waals surface area (Å²) in [6, 6.07) is 4.01. The lowest BCUT2D eigenvalue weighted by atomic mass is 10.0. The molecule has 20 heavy (non-hydrogen) atoms. The number of pyridine rings is 1. The van der Waals surface area contributed by atoms with Crippen molar-refractivity contribution in [3.63, 3.8) is 0 Å². The first-order valence-corrected chi connectivity index (χ1v) is 7.70. The number of rotatable bonds is 7. The van der Waals surface area contributed by atoms with Gasteiger partial charge in [0.15, 0.2) is 0 Å². The molecule has 0 radical (unpaired) electrons. The number of aromatic nitrogens is 1. The summed E-state index contributed by atoms with van der Waals surface area (Å²) in [4.78, 5) is 16.0. The van der Waals surface area contributed by atoms with Gasteiger partial charge in [-0.05, 0) is 55.7 Å². The fraction of sp³-hybridized carbons (Fsp3) is 0.625. The van der Waals surface area contributed by atoms with Crippen LogP contribution < -0.4 is 10.6 Å². The number of carbonyl (C=O) groups excluding carboxylic acids is 1. The Morgan fingerprint density at radius 1 is 1.25 bits per heavy atom. The molecule has 1 aromatic rings. The summed E-state index contributed by atoms with van der Waals surface area (Å²) in [7, 11) is 0. The highest BCUT2D eigenvalue weighted by molar-refractivity contribution is 5.79. The van der Waals surface area contributed by atoms with Crippen LogP contribution in [0.3, 0.4) is 0 Å². The van der Waals surface area contributed by atoms with E-state index in [2.05, 4.69) is 21.7 Å². The van der Waals surface area contributed by atoms with Crippen LogP contribution in [0.25, 0.3) is 0 Å². The molecule has 2 saturated carbocycles. The van der Waals surface area contributed by atoms with Gasteiger partial charge in [-0.1, -0.05) is 6.07 Å². The summed E-state index contributed by atoms with van der Waals surface area (Å²) in [5.41, 5.74) is 1.20. The highest BCUT2D eigenvalue weighted by Crippen LogP contribution is 2.54. The number of carbonyl (C=O) groups is 1. The largest absolute Gasteiger partial charge is 0.356 e. The summed E-state index contributed by atoms with van der Waals surface area (Å²) < 4.78 is 0. The van der Waals surface area contributed by atoms with Gasteiger partial charge in [0.2, 0.25) is 5.91 Å². The zero-order valence-corrected chi connectivity index (χ0v) is 11.8. The minimum Gasteiger partial charge on any atom is -0.356 e. The second kappa shape index (κ2) is 6.35. The molecule has 1 aromatic heterocycles. The maximum Gasteiger partial charge on any atom is 0.223 e. The van der Waals surface area contributed by atoms with Crippen molar-refractivity contribution in [2.75, 3.05) is 13.1 Å². The lowest BCUT2D eigenvalue weighted by Gasteiger charge is -2.12. The third-order valence-corrected chi connectivity index (χ3v) is 4.50. The zero-order chi connectivity index (χ0) is 13.8. The topological polar surface area (TPSA) is 54.0 Å². The van der Waals surface area contributed by atoms with Gasteiger partial charge in [-0.3, -0.25) is 9.78 Å². The SMILES string of the molecule is O=C(NCCCNCc1cccnc1)C1CC2CC2C1. The van der Waals surface area contributed by atoms with E-state index in [0.29, 0.717) is 5.92 Å². The molecule has 2 aliphatic rings. The summed E-state index contributed by atoms with van der Waals surface area (Å²) in [5, 5.41) is 6.44. The number of fused-ring (bicyclic) bond motifs is 1. The van der Waals surface area contributed by atoms with Crippen LogP contribution in [0.15, 0.2) is 24.5 Å². The molecule has 4 nitrogen and oxygen atoms in total. The summed E-state index contributed by atoms with van der Waals surface area (Å²) >= 11 is 0. The summed E-state index contributed by atoms with van der Waals surface area (Å²) in [5.74, 6) is 2.35. The lowest BCUT2D eigenvalue weighted by molar-refractivity contribution is -0.125. The normalized spacial score (nSPS) is 27.1. The average Bonchev–Trinajstić information content (AvgIpc) is 3.09. The lowest BCUT2D eigenvalue weighted by Crippen LogP contribution is -2.32. The standard InChI is InChI=1S/C16H23N3O/c20-16(15-8-13-7-14(13)9-15)19-6-2-5-18-11-12-3-1-4-17-10-12/h1,3-4,10,13-15,18H,2,5-9,11H2,(H,19,20). The van der Waals surface area contributed by atoms with Crippen LogP contribution in [0.5, 0.6) is 0 Å². The van der Waals surface area contributed by atoms with Crippen molar-refractivity contribution >= 4 is 5.91 Å². The average molecular weight is 273 g/mol. The molecule has 0 aromatic carbocycles. The number of hydrogen-bond acceptors (Lipinski definition) is 3. The van der Waals surface area contributed by atoms with Crippen molar-refractivity contribution in [2.45, 2.75) is 32.2 Å². The molecule has 3 rings (SSSR count). The second-order valence-corrected chi connectivity index (χ2v) is 6.11. The first kappa shape index (κ1) is 13.6. The van der Waals surface area contributed by atoms with Crippen LogP contribution in [0.4, 0.5) is 0 Å². The monoisotopic (exact) mass is 273 g/mol.